The summed E-state index contributed by atoms with van der Waals surface area (Å²) in [4.78, 5) is 12.9. The van der Waals surface area contributed by atoms with E-state index in [1.165, 1.54) is 4.88 Å². The predicted molar refractivity (Wildman–Crippen MR) is 67.1 cm³/mol. The zero-order valence-electron chi connectivity index (χ0n) is 9.60. The molecular formula is C12H14N2O2S. The Morgan fingerprint density at radius 1 is 1.59 bits per heavy atom. The van der Waals surface area contributed by atoms with Gasteiger partial charge in [0.1, 0.15) is 5.76 Å². The maximum Gasteiger partial charge on any atom is 0.225 e. The number of aromatic nitrogens is 1. The Kier molecular flexibility index (Phi) is 3.93. The molecule has 17 heavy (non-hydrogen) atoms. The Morgan fingerprint density at radius 2 is 2.47 bits per heavy atom. The zero-order chi connectivity index (χ0) is 12.1. The normalized spacial score (nSPS) is 10.4. The Balaban J connectivity index is 1.71. The second-order valence-corrected chi connectivity index (χ2v) is 4.84. The van der Waals surface area contributed by atoms with Crippen LogP contribution in [0.5, 0.6) is 0 Å². The molecule has 0 spiro atoms. The fourth-order valence-corrected chi connectivity index (χ4v) is 2.26. The summed E-state index contributed by atoms with van der Waals surface area (Å²) in [6, 6.07) is 5.82. The minimum atomic E-state index is -0.0187. The lowest BCUT2D eigenvalue weighted by atomic mass is 10.2. The van der Waals surface area contributed by atoms with Crippen molar-refractivity contribution in [1.29, 1.82) is 0 Å². The number of carbonyl (C=O) groups is 1. The first kappa shape index (κ1) is 11.9. The van der Waals surface area contributed by atoms with Crippen molar-refractivity contribution in [1.82, 2.24) is 5.16 Å². The predicted octanol–water partition coefficient (Wildman–Crippen LogP) is 3.01. The van der Waals surface area contributed by atoms with Gasteiger partial charge in [0.2, 0.25) is 5.91 Å². The van der Waals surface area contributed by atoms with Gasteiger partial charge in [0.05, 0.1) is 0 Å². The molecule has 0 aliphatic heterocycles. The highest BCUT2D eigenvalue weighted by atomic mass is 32.1. The van der Waals surface area contributed by atoms with Crippen LogP contribution in [-0.2, 0) is 11.2 Å². The van der Waals surface area contributed by atoms with Crippen LogP contribution < -0.4 is 5.32 Å². The van der Waals surface area contributed by atoms with Gasteiger partial charge in [-0.25, -0.2) is 0 Å². The van der Waals surface area contributed by atoms with E-state index < -0.39 is 0 Å². The lowest BCUT2D eigenvalue weighted by Gasteiger charge is -2.00. The number of hydrogen-bond acceptors (Lipinski definition) is 4. The van der Waals surface area contributed by atoms with Crippen LogP contribution >= 0.6 is 11.3 Å². The average molecular weight is 250 g/mol. The molecule has 0 aliphatic carbocycles. The van der Waals surface area contributed by atoms with Crippen molar-refractivity contribution < 1.29 is 9.32 Å². The fourth-order valence-electron chi connectivity index (χ4n) is 1.51. The van der Waals surface area contributed by atoms with Crippen LogP contribution in [0.4, 0.5) is 5.82 Å². The molecule has 0 aromatic carbocycles. The smallest absolute Gasteiger partial charge is 0.225 e. The Bertz CT molecular complexity index is 476. The molecule has 0 saturated heterocycles. The number of rotatable bonds is 5. The molecule has 0 radical (unpaired) electrons. The lowest BCUT2D eigenvalue weighted by Crippen LogP contribution is -2.11. The summed E-state index contributed by atoms with van der Waals surface area (Å²) < 4.78 is 4.87. The first-order valence-electron chi connectivity index (χ1n) is 5.49. The summed E-state index contributed by atoms with van der Waals surface area (Å²) in [5.74, 6) is 1.16. The first-order valence-corrected chi connectivity index (χ1v) is 6.37. The van der Waals surface area contributed by atoms with E-state index >= 15 is 0 Å². The molecule has 0 bridgehead atoms. The molecule has 1 N–H and O–H groups in total. The van der Waals surface area contributed by atoms with Gasteiger partial charge in [0.15, 0.2) is 5.82 Å². The fraction of sp³-hybridized carbons (Fsp3) is 0.333. The molecule has 2 rings (SSSR count). The number of nitrogens with one attached hydrogen (secondary N) is 1. The highest BCUT2D eigenvalue weighted by molar-refractivity contribution is 7.09. The van der Waals surface area contributed by atoms with Crippen LogP contribution in [0.1, 0.15) is 23.5 Å². The number of anilines is 1. The number of amides is 1. The average Bonchev–Trinajstić information content (AvgIpc) is 2.90. The van der Waals surface area contributed by atoms with Crippen LogP contribution in [-0.4, -0.2) is 11.1 Å². The van der Waals surface area contributed by atoms with E-state index in [2.05, 4.69) is 16.5 Å². The highest BCUT2D eigenvalue weighted by Crippen LogP contribution is 2.13. The van der Waals surface area contributed by atoms with Crippen LogP contribution in [0.2, 0.25) is 0 Å². The van der Waals surface area contributed by atoms with Crippen LogP contribution in [0.3, 0.4) is 0 Å². The highest BCUT2D eigenvalue weighted by Gasteiger charge is 2.06. The van der Waals surface area contributed by atoms with E-state index in [0.29, 0.717) is 18.0 Å². The molecule has 0 saturated carbocycles. The summed E-state index contributed by atoms with van der Waals surface area (Å²) in [6.07, 6.45) is 2.30. The number of hydrogen-bond donors (Lipinski definition) is 1. The van der Waals surface area contributed by atoms with Crippen molar-refractivity contribution in [3.05, 3.63) is 34.2 Å². The summed E-state index contributed by atoms with van der Waals surface area (Å²) in [5.41, 5.74) is 0. The van der Waals surface area contributed by atoms with E-state index in [0.717, 1.165) is 12.8 Å². The van der Waals surface area contributed by atoms with Crippen molar-refractivity contribution in [2.45, 2.75) is 26.2 Å². The van der Waals surface area contributed by atoms with E-state index in [1.807, 2.05) is 11.4 Å². The standard InChI is InChI=1S/C12H14N2O2S/c1-9-8-11(14-16-9)13-12(15)6-2-4-10-5-3-7-17-10/h3,5,7-8H,2,4,6H2,1H3,(H,13,14,15). The first-order chi connectivity index (χ1) is 8.24. The van der Waals surface area contributed by atoms with Crippen LogP contribution in [0, 0.1) is 6.92 Å². The van der Waals surface area contributed by atoms with Crippen LogP contribution in [0.15, 0.2) is 28.1 Å². The Morgan fingerprint density at radius 3 is 3.12 bits per heavy atom. The molecule has 0 unspecified atom stereocenters. The van der Waals surface area contributed by atoms with Gasteiger partial charge in [-0.15, -0.1) is 11.3 Å². The molecule has 0 atom stereocenters. The third-order valence-electron chi connectivity index (χ3n) is 2.30. The minimum Gasteiger partial charge on any atom is -0.360 e. The summed E-state index contributed by atoms with van der Waals surface area (Å²) in [7, 11) is 0. The van der Waals surface area contributed by atoms with E-state index in [1.54, 1.807) is 24.3 Å². The Labute approximate surface area is 104 Å². The molecular weight excluding hydrogens is 236 g/mol. The van der Waals surface area contributed by atoms with Gasteiger partial charge < -0.3 is 9.84 Å². The summed E-state index contributed by atoms with van der Waals surface area (Å²) in [6.45, 7) is 1.79. The number of thiophene rings is 1. The van der Waals surface area contributed by atoms with Gasteiger partial charge in [-0.05, 0) is 31.2 Å². The zero-order valence-corrected chi connectivity index (χ0v) is 10.4. The molecule has 2 heterocycles. The van der Waals surface area contributed by atoms with Gasteiger partial charge >= 0.3 is 0 Å². The van der Waals surface area contributed by atoms with Crippen molar-refractivity contribution >= 4 is 23.1 Å². The van der Waals surface area contributed by atoms with Crippen molar-refractivity contribution in [3.63, 3.8) is 0 Å². The molecule has 90 valence electrons. The molecule has 2 aromatic heterocycles. The molecule has 5 heteroatoms. The topological polar surface area (TPSA) is 55.1 Å². The van der Waals surface area contributed by atoms with Crippen LogP contribution in [0.25, 0.3) is 0 Å². The van der Waals surface area contributed by atoms with Gasteiger partial charge in [-0.3, -0.25) is 4.79 Å². The number of aryl methyl sites for hydroxylation is 2. The molecule has 0 fully saturated rings. The van der Waals surface area contributed by atoms with E-state index in [-0.39, 0.29) is 5.91 Å². The van der Waals surface area contributed by atoms with Crippen molar-refractivity contribution in [2.24, 2.45) is 0 Å². The quantitative estimate of drug-likeness (QED) is 0.887. The SMILES string of the molecule is Cc1cc(NC(=O)CCCc2cccs2)no1. The van der Waals surface area contributed by atoms with E-state index in [9.17, 15) is 4.79 Å². The third kappa shape index (κ3) is 3.71. The van der Waals surface area contributed by atoms with Gasteiger partial charge in [-0.2, -0.15) is 0 Å². The van der Waals surface area contributed by atoms with Gasteiger partial charge in [0, 0.05) is 17.4 Å². The molecule has 4 nitrogen and oxygen atoms in total. The second kappa shape index (κ2) is 5.63. The number of nitrogens with zero attached hydrogens (tertiary/aromatic N) is 1. The largest absolute Gasteiger partial charge is 0.360 e. The monoisotopic (exact) mass is 250 g/mol. The second-order valence-electron chi connectivity index (χ2n) is 3.80. The van der Waals surface area contributed by atoms with E-state index in [4.69, 9.17) is 4.52 Å². The van der Waals surface area contributed by atoms with Gasteiger partial charge in [-0.1, -0.05) is 11.2 Å². The van der Waals surface area contributed by atoms with Crippen molar-refractivity contribution in [2.75, 3.05) is 5.32 Å². The number of carbonyl (C=O) groups excluding carboxylic acids is 1. The summed E-state index contributed by atoms with van der Waals surface area (Å²) >= 11 is 1.72. The van der Waals surface area contributed by atoms with Crippen molar-refractivity contribution in [3.8, 4) is 0 Å². The molecule has 1 amide bonds. The molecule has 2 aromatic rings. The maximum atomic E-state index is 11.6. The maximum absolute atomic E-state index is 11.6. The minimum absolute atomic E-state index is 0.0187. The Hall–Kier alpha value is -1.62. The third-order valence-corrected chi connectivity index (χ3v) is 3.24. The van der Waals surface area contributed by atoms with Gasteiger partial charge in [0.25, 0.3) is 0 Å². The molecule has 0 aliphatic rings. The lowest BCUT2D eigenvalue weighted by molar-refractivity contribution is -0.116. The summed E-state index contributed by atoms with van der Waals surface area (Å²) in [5, 5.41) is 8.46.